The first-order valence-corrected chi connectivity index (χ1v) is 8.20. The highest BCUT2D eigenvalue weighted by atomic mass is 32.1. The third kappa shape index (κ3) is 2.56. The number of H-pyrrole nitrogens is 1. The molecule has 0 radical (unpaired) electrons. The van der Waals surface area contributed by atoms with Crippen LogP contribution < -0.4 is 0 Å². The number of thiazole rings is 1. The van der Waals surface area contributed by atoms with E-state index in [1.165, 1.54) is 16.0 Å². The van der Waals surface area contributed by atoms with Gasteiger partial charge in [-0.05, 0) is 11.6 Å². The molecular weight excluding hydrogens is 326 g/mol. The number of hydrogen-bond donors (Lipinski definition) is 2. The fraction of sp³-hybridized carbons (Fsp3) is 0.125. The van der Waals surface area contributed by atoms with E-state index in [9.17, 15) is 9.90 Å². The number of para-hydroxylation sites is 1. The molecule has 4 aromatic rings. The zero-order valence-electron chi connectivity index (χ0n) is 12.5. The average Bonchev–Trinajstić information content (AvgIpc) is 3.32. The van der Waals surface area contributed by atoms with Crippen molar-refractivity contribution in [3.05, 3.63) is 53.8 Å². The molecule has 0 amide bonds. The summed E-state index contributed by atoms with van der Waals surface area (Å²) in [6.45, 7) is 0. The van der Waals surface area contributed by atoms with Crippen LogP contribution in [0.1, 0.15) is 11.6 Å². The molecule has 0 aliphatic heterocycles. The van der Waals surface area contributed by atoms with Crippen LogP contribution in [0.15, 0.2) is 48.2 Å². The predicted octanol–water partition coefficient (Wildman–Crippen LogP) is 2.75. The molecule has 7 nitrogen and oxygen atoms in total. The van der Waals surface area contributed by atoms with Gasteiger partial charge in [-0.15, -0.1) is 16.4 Å². The Morgan fingerprint density at radius 1 is 1.38 bits per heavy atom. The van der Waals surface area contributed by atoms with Crippen molar-refractivity contribution in [1.29, 1.82) is 0 Å². The highest BCUT2D eigenvalue weighted by Crippen LogP contribution is 2.24. The number of carboxylic acids is 1. The van der Waals surface area contributed by atoms with Gasteiger partial charge < -0.3 is 10.1 Å². The molecule has 0 aliphatic rings. The van der Waals surface area contributed by atoms with Crippen molar-refractivity contribution < 1.29 is 9.90 Å². The van der Waals surface area contributed by atoms with Crippen molar-refractivity contribution in [2.75, 3.05) is 0 Å². The number of carboxylic acid groups (broad SMARTS) is 1. The molecular formula is C16H13N5O2S. The minimum atomic E-state index is -0.948. The van der Waals surface area contributed by atoms with Gasteiger partial charge in [0, 0.05) is 35.1 Å². The highest BCUT2D eigenvalue weighted by Gasteiger charge is 2.23. The maximum Gasteiger partial charge on any atom is 0.328 e. The van der Waals surface area contributed by atoms with E-state index < -0.39 is 12.0 Å². The minimum absolute atomic E-state index is 0.319. The van der Waals surface area contributed by atoms with Crippen LogP contribution in [-0.4, -0.2) is 36.0 Å². The van der Waals surface area contributed by atoms with Crippen LogP contribution in [0, 0.1) is 0 Å². The maximum absolute atomic E-state index is 11.7. The van der Waals surface area contributed by atoms with Gasteiger partial charge in [0.05, 0.1) is 6.20 Å². The number of nitrogens with zero attached hydrogens (tertiary/aromatic N) is 4. The molecule has 0 saturated carbocycles. The lowest BCUT2D eigenvalue weighted by Gasteiger charge is -2.11. The Bertz CT molecular complexity index is 989. The summed E-state index contributed by atoms with van der Waals surface area (Å²) in [5, 5.41) is 21.2. The second-order valence-electron chi connectivity index (χ2n) is 5.34. The summed E-state index contributed by atoms with van der Waals surface area (Å²) in [6.07, 6.45) is 5.48. The first kappa shape index (κ1) is 14.6. The van der Waals surface area contributed by atoms with E-state index in [0.29, 0.717) is 12.1 Å². The average molecular weight is 339 g/mol. The summed E-state index contributed by atoms with van der Waals surface area (Å²) in [7, 11) is 0. The summed E-state index contributed by atoms with van der Waals surface area (Å²) in [5.41, 5.74) is 2.50. The van der Waals surface area contributed by atoms with Crippen LogP contribution in [0.3, 0.4) is 0 Å². The van der Waals surface area contributed by atoms with E-state index in [1.54, 1.807) is 12.4 Å². The monoisotopic (exact) mass is 339 g/mol. The largest absolute Gasteiger partial charge is 0.480 e. The fourth-order valence-electron chi connectivity index (χ4n) is 2.68. The quantitative estimate of drug-likeness (QED) is 0.583. The zero-order valence-corrected chi connectivity index (χ0v) is 13.3. The Morgan fingerprint density at radius 2 is 2.25 bits per heavy atom. The molecule has 0 unspecified atom stereocenters. The van der Waals surface area contributed by atoms with E-state index in [1.807, 2.05) is 35.8 Å². The second kappa shape index (κ2) is 5.89. The number of aliphatic carboxylic acids is 1. The number of carbonyl (C=O) groups is 1. The van der Waals surface area contributed by atoms with Gasteiger partial charge in [0.2, 0.25) is 0 Å². The summed E-state index contributed by atoms with van der Waals surface area (Å²) in [5.74, 6) is -0.948. The standard InChI is InChI=1S/C16H13N5O2S/c22-16(23)14(7-10-8-18-12-4-2-1-3-11(10)12)21-9-13(19-20-21)15-17-5-6-24-15/h1-6,8-9,14,18H,7H2,(H,22,23)/t14-/m0/s1. The van der Waals surface area contributed by atoms with Crippen LogP contribution >= 0.6 is 11.3 Å². The molecule has 0 fully saturated rings. The van der Waals surface area contributed by atoms with Crippen LogP contribution in [0.5, 0.6) is 0 Å². The molecule has 8 heteroatoms. The summed E-state index contributed by atoms with van der Waals surface area (Å²) in [4.78, 5) is 19.1. The van der Waals surface area contributed by atoms with Crippen molar-refractivity contribution in [2.24, 2.45) is 0 Å². The lowest BCUT2D eigenvalue weighted by atomic mass is 10.1. The third-order valence-electron chi connectivity index (χ3n) is 3.85. The Morgan fingerprint density at radius 3 is 3.04 bits per heavy atom. The molecule has 1 atom stereocenters. The number of nitrogens with one attached hydrogen (secondary N) is 1. The molecule has 0 spiro atoms. The Kier molecular flexibility index (Phi) is 3.58. The molecule has 4 rings (SSSR count). The molecule has 3 aromatic heterocycles. The number of aromatic nitrogens is 5. The van der Waals surface area contributed by atoms with Crippen molar-refractivity contribution in [3.8, 4) is 10.7 Å². The van der Waals surface area contributed by atoms with Gasteiger partial charge in [0.15, 0.2) is 6.04 Å². The Labute approximate surface area is 140 Å². The molecule has 0 aliphatic carbocycles. The lowest BCUT2D eigenvalue weighted by Crippen LogP contribution is -2.22. The fourth-order valence-corrected chi connectivity index (χ4v) is 3.27. The number of aromatic amines is 1. The van der Waals surface area contributed by atoms with Gasteiger partial charge in [-0.2, -0.15) is 0 Å². The normalized spacial score (nSPS) is 12.5. The van der Waals surface area contributed by atoms with Crippen LogP contribution in [0.2, 0.25) is 0 Å². The SMILES string of the molecule is O=C(O)[C@H](Cc1c[nH]c2ccccc12)n1cc(-c2nccs2)nn1. The van der Waals surface area contributed by atoms with Gasteiger partial charge >= 0.3 is 5.97 Å². The minimum Gasteiger partial charge on any atom is -0.480 e. The van der Waals surface area contributed by atoms with E-state index >= 15 is 0 Å². The van der Waals surface area contributed by atoms with Crippen LogP contribution in [0.4, 0.5) is 0 Å². The molecule has 0 saturated heterocycles. The second-order valence-corrected chi connectivity index (χ2v) is 6.23. The summed E-state index contributed by atoms with van der Waals surface area (Å²) in [6, 6.07) is 6.98. The highest BCUT2D eigenvalue weighted by molar-refractivity contribution is 7.13. The van der Waals surface area contributed by atoms with Crippen LogP contribution in [0.25, 0.3) is 21.6 Å². The maximum atomic E-state index is 11.7. The summed E-state index contributed by atoms with van der Waals surface area (Å²) < 4.78 is 1.39. The van der Waals surface area contributed by atoms with E-state index in [0.717, 1.165) is 21.5 Å². The third-order valence-corrected chi connectivity index (χ3v) is 4.65. The van der Waals surface area contributed by atoms with Gasteiger partial charge in [-0.3, -0.25) is 0 Å². The first-order chi connectivity index (χ1) is 11.7. The molecule has 1 aromatic carbocycles. The predicted molar refractivity (Wildman–Crippen MR) is 89.8 cm³/mol. The number of fused-ring (bicyclic) bond motifs is 1. The van der Waals surface area contributed by atoms with Crippen molar-refractivity contribution in [2.45, 2.75) is 12.5 Å². The van der Waals surface area contributed by atoms with E-state index in [-0.39, 0.29) is 0 Å². The number of rotatable bonds is 5. The number of benzene rings is 1. The van der Waals surface area contributed by atoms with Crippen molar-refractivity contribution in [3.63, 3.8) is 0 Å². The lowest BCUT2D eigenvalue weighted by molar-refractivity contribution is -0.141. The topological polar surface area (TPSA) is 96.7 Å². The number of hydrogen-bond acceptors (Lipinski definition) is 5. The van der Waals surface area contributed by atoms with Gasteiger partial charge in [-0.1, -0.05) is 23.4 Å². The molecule has 3 heterocycles. The van der Waals surface area contributed by atoms with Crippen LogP contribution in [-0.2, 0) is 11.2 Å². The van der Waals surface area contributed by atoms with E-state index in [4.69, 9.17) is 0 Å². The Balaban J connectivity index is 1.67. The Hall–Kier alpha value is -3.00. The molecule has 2 N–H and O–H groups in total. The van der Waals surface area contributed by atoms with Crippen molar-refractivity contribution in [1.82, 2.24) is 25.0 Å². The van der Waals surface area contributed by atoms with Gasteiger partial charge in [0.1, 0.15) is 10.7 Å². The molecule has 24 heavy (non-hydrogen) atoms. The van der Waals surface area contributed by atoms with E-state index in [2.05, 4.69) is 20.3 Å². The molecule has 0 bridgehead atoms. The first-order valence-electron chi connectivity index (χ1n) is 7.32. The van der Waals surface area contributed by atoms with Gasteiger partial charge in [0.25, 0.3) is 0 Å². The van der Waals surface area contributed by atoms with Crippen molar-refractivity contribution >= 4 is 28.2 Å². The zero-order chi connectivity index (χ0) is 16.5. The van der Waals surface area contributed by atoms with Gasteiger partial charge in [-0.25, -0.2) is 14.5 Å². The molecule has 120 valence electrons. The smallest absolute Gasteiger partial charge is 0.328 e. The summed E-state index contributed by atoms with van der Waals surface area (Å²) >= 11 is 1.44.